The fourth-order valence-corrected chi connectivity index (χ4v) is 6.46. The molecular weight excluding hydrogens is 412 g/mol. The molecule has 2 rings (SSSR count). The normalized spacial score (nSPS) is 35.9. The van der Waals surface area contributed by atoms with Gasteiger partial charge in [-0.15, -0.1) is 0 Å². The lowest BCUT2D eigenvalue weighted by molar-refractivity contribution is -0.192. The van der Waals surface area contributed by atoms with E-state index in [9.17, 15) is 9.90 Å². The van der Waals surface area contributed by atoms with Crippen LogP contribution in [0.2, 0.25) is 0 Å². The first-order chi connectivity index (χ1) is 15.3. The molecule has 0 amide bonds. The van der Waals surface area contributed by atoms with Crippen LogP contribution in [0.25, 0.3) is 0 Å². The smallest absolute Gasteiger partial charge is 0.306 e. The van der Waals surface area contributed by atoms with Gasteiger partial charge in [-0.3, -0.25) is 4.79 Å². The summed E-state index contributed by atoms with van der Waals surface area (Å²) in [6, 6.07) is 0. The molecule has 1 saturated carbocycles. The third-order valence-electron chi connectivity index (χ3n) is 9.44. The van der Waals surface area contributed by atoms with Gasteiger partial charge in [0.1, 0.15) is 0 Å². The Balaban J connectivity index is 1.64. The van der Waals surface area contributed by atoms with Crippen molar-refractivity contribution in [3.63, 3.8) is 0 Å². The lowest BCUT2D eigenvalue weighted by atomic mass is 9.64. The molecule has 1 heterocycles. The quantitative estimate of drug-likeness (QED) is 0.295. The van der Waals surface area contributed by atoms with Gasteiger partial charge in [-0.1, -0.05) is 60.3 Å². The van der Waals surface area contributed by atoms with E-state index in [1.165, 1.54) is 32.1 Å². The molecule has 1 aliphatic carbocycles. The largest absolute Gasteiger partial charge is 0.481 e. The maximum absolute atomic E-state index is 10.9. The van der Waals surface area contributed by atoms with E-state index in [4.69, 9.17) is 9.84 Å². The first kappa shape index (κ1) is 28.6. The number of carboxylic acid groups (broad SMARTS) is 1. The average molecular weight is 467 g/mol. The number of fused-ring (bicyclic) bond motifs is 1. The fraction of sp³-hybridized carbons (Fsp3) is 0.966. The van der Waals surface area contributed by atoms with Gasteiger partial charge in [0, 0.05) is 0 Å². The summed E-state index contributed by atoms with van der Waals surface area (Å²) in [5, 5.41) is 19.6. The van der Waals surface area contributed by atoms with E-state index in [0.29, 0.717) is 30.8 Å². The highest BCUT2D eigenvalue weighted by molar-refractivity contribution is 5.69. The summed E-state index contributed by atoms with van der Waals surface area (Å²) in [6.07, 6.45) is 13.0. The minimum atomic E-state index is -0.742. The number of carbonyl (C=O) groups is 1. The van der Waals surface area contributed by atoms with Crippen molar-refractivity contribution in [3.8, 4) is 0 Å². The molecule has 2 fully saturated rings. The van der Waals surface area contributed by atoms with E-state index in [-0.39, 0.29) is 11.5 Å². The van der Waals surface area contributed by atoms with E-state index in [1.54, 1.807) is 6.92 Å². The second-order valence-electron chi connectivity index (χ2n) is 12.8. The molecule has 0 bridgehead atoms. The lowest BCUT2D eigenvalue weighted by Gasteiger charge is -2.51. The summed E-state index contributed by atoms with van der Waals surface area (Å²) in [4.78, 5) is 10.9. The van der Waals surface area contributed by atoms with Crippen LogP contribution in [0.5, 0.6) is 0 Å². The lowest BCUT2D eigenvalue weighted by Crippen LogP contribution is -2.51. The van der Waals surface area contributed by atoms with Crippen LogP contribution in [0.4, 0.5) is 0 Å². The molecule has 33 heavy (non-hydrogen) atoms. The van der Waals surface area contributed by atoms with Gasteiger partial charge in [-0.2, -0.15) is 0 Å². The molecule has 0 aromatic heterocycles. The van der Waals surface area contributed by atoms with Crippen LogP contribution in [0, 0.1) is 35.5 Å². The van der Waals surface area contributed by atoms with Crippen molar-refractivity contribution in [2.45, 2.75) is 143 Å². The molecule has 2 N–H and O–H groups in total. The van der Waals surface area contributed by atoms with Crippen molar-refractivity contribution in [2.75, 3.05) is 0 Å². The summed E-state index contributed by atoms with van der Waals surface area (Å²) in [7, 11) is 0. The van der Waals surface area contributed by atoms with Gasteiger partial charge in [0.15, 0.2) is 0 Å². The van der Waals surface area contributed by atoms with Crippen LogP contribution in [0.3, 0.4) is 0 Å². The Morgan fingerprint density at radius 1 is 1.06 bits per heavy atom. The summed E-state index contributed by atoms with van der Waals surface area (Å²) < 4.78 is 6.82. The molecule has 1 saturated heterocycles. The first-order valence-corrected chi connectivity index (χ1v) is 14.0. The Bertz CT molecular complexity index is 600. The molecule has 4 nitrogen and oxygen atoms in total. The van der Waals surface area contributed by atoms with Crippen LogP contribution >= 0.6 is 0 Å². The standard InChI is InChI=1S/C29H54O4/c1-20(11-8-15-28(6,32)16-10-13-21(2)27(30)31)12-9-17-29(7)18-14-25-19-22(3)23(4)24(5)26(25)33-29/h20-26,32H,8-19H2,1-7H3,(H,30,31). The van der Waals surface area contributed by atoms with E-state index in [0.717, 1.165) is 49.9 Å². The third kappa shape index (κ3) is 8.84. The highest BCUT2D eigenvalue weighted by Crippen LogP contribution is 2.48. The third-order valence-corrected chi connectivity index (χ3v) is 9.44. The van der Waals surface area contributed by atoms with Gasteiger partial charge in [-0.05, 0) is 94.8 Å². The summed E-state index contributed by atoms with van der Waals surface area (Å²) >= 11 is 0. The van der Waals surface area contributed by atoms with E-state index >= 15 is 0 Å². The Morgan fingerprint density at radius 2 is 1.67 bits per heavy atom. The molecule has 1 aliphatic heterocycles. The second-order valence-corrected chi connectivity index (χ2v) is 12.8. The van der Waals surface area contributed by atoms with E-state index < -0.39 is 11.6 Å². The number of rotatable bonds is 13. The van der Waals surface area contributed by atoms with Crippen molar-refractivity contribution < 1.29 is 19.7 Å². The summed E-state index contributed by atoms with van der Waals surface area (Å²) in [5.74, 6) is 2.61. The minimum absolute atomic E-state index is 0.0478. The molecule has 0 aromatic rings. The molecule has 0 radical (unpaired) electrons. The van der Waals surface area contributed by atoms with Gasteiger partial charge in [0.05, 0.1) is 23.2 Å². The molecule has 2 aliphatic rings. The number of aliphatic carboxylic acids is 1. The van der Waals surface area contributed by atoms with E-state index in [2.05, 4.69) is 34.6 Å². The van der Waals surface area contributed by atoms with Gasteiger partial charge in [0.25, 0.3) is 0 Å². The maximum Gasteiger partial charge on any atom is 0.306 e. The number of ether oxygens (including phenoxy) is 1. The highest BCUT2D eigenvalue weighted by Gasteiger charge is 2.46. The fourth-order valence-electron chi connectivity index (χ4n) is 6.46. The van der Waals surface area contributed by atoms with Crippen molar-refractivity contribution in [2.24, 2.45) is 35.5 Å². The van der Waals surface area contributed by atoms with Crippen LogP contribution in [-0.2, 0) is 9.53 Å². The summed E-state index contributed by atoms with van der Waals surface area (Å²) in [5.41, 5.74) is -0.630. The van der Waals surface area contributed by atoms with Crippen molar-refractivity contribution in [1.29, 1.82) is 0 Å². The topological polar surface area (TPSA) is 66.8 Å². The highest BCUT2D eigenvalue weighted by atomic mass is 16.5. The number of carboxylic acids is 1. The zero-order valence-electron chi connectivity index (χ0n) is 22.7. The Morgan fingerprint density at radius 3 is 2.30 bits per heavy atom. The van der Waals surface area contributed by atoms with Crippen LogP contribution in [-0.4, -0.2) is 33.5 Å². The monoisotopic (exact) mass is 466 g/mol. The number of aliphatic hydroxyl groups is 1. The zero-order valence-corrected chi connectivity index (χ0v) is 22.7. The van der Waals surface area contributed by atoms with Gasteiger partial charge < -0.3 is 14.9 Å². The predicted molar refractivity (Wildman–Crippen MR) is 136 cm³/mol. The average Bonchev–Trinajstić information content (AvgIpc) is 2.72. The van der Waals surface area contributed by atoms with Crippen LogP contribution < -0.4 is 0 Å². The minimum Gasteiger partial charge on any atom is -0.481 e. The SMILES string of the molecule is CC(CCCC(C)(O)CCCC(C)C(=O)O)CCCC1(C)CCC2CC(C)C(C)C(C)C2O1. The second kappa shape index (κ2) is 12.4. The van der Waals surface area contributed by atoms with Crippen molar-refractivity contribution in [3.05, 3.63) is 0 Å². The van der Waals surface area contributed by atoms with Crippen LogP contribution in [0.1, 0.15) is 126 Å². The molecule has 0 aromatic carbocycles. The number of hydrogen-bond donors (Lipinski definition) is 2. The predicted octanol–water partition coefficient (Wildman–Crippen LogP) is 7.47. The molecular formula is C29H54O4. The molecule has 9 atom stereocenters. The van der Waals surface area contributed by atoms with Gasteiger partial charge in [-0.25, -0.2) is 0 Å². The molecule has 9 unspecified atom stereocenters. The van der Waals surface area contributed by atoms with Crippen molar-refractivity contribution >= 4 is 5.97 Å². The molecule has 4 heteroatoms. The van der Waals surface area contributed by atoms with Crippen LogP contribution in [0.15, 0.2) is 0 Å². The maximum atomic E-state index is 10.9. The molecule has 0 spiro atoms. The summed E-state index contributed by atoms with van der Waals surface area (Å²) in [6.45, 7) is 15.6. The Labute approximate surface area is 204 Å². The van der Waals surface area contributed by atoms with Gasteiger partial charge >= 0.3 is 5.97 Å². The van der Waals surface area contributed by atoms with E-state index in [1.807, 2.05) is 6.92 Å². The van der Waals surface area contributed by atoms with Crippen molar-refractivity contribution in [1.82, 2.24) is 0 Å². The zero-order chi connectivity index (χ0) is 24.8. The Kier molecular flexibility index (Phi) is 10.7. The molecule has 194 valence electrons. The number of hydrogen-bond acceptors (Lipinski definition) is 3. The Hall–Kier alpha value is -0.610. The first-order valence-electron chi connectivity index (χ1n) is 14.0. The van der Waals surface area contributed by atoms with Gasteiger partial charge in [0.2, 0.25) is 0 Å².